The number of pyridine rings is 1. The van der Waals surface area contributed by atoms with Gasteiger partial charge in [0.25, 0.3) is 0 Å². The molecule has 0 aliphatic heterocycles. The average molecular weight is 248 g/mol. The molecule has 1 amide bonds. The van der Waals surface area contributed by atoms with Crippen molar-refractivity contribution >= 4 is 11.7 Å². The monoisotopic (exact) mass is 248 g/mol. The Labute approximate surface area is 107 Å². The number of nitrogens with one attached hydrogen (secondary N) is 1. The normalized spacial score (nSPS) is 17.6. The van der Waals surface area contributed by atoms with Gasteiger partial charge in [0.1, 0.15) is 5.82 Å². The van der Waals surface area contributed by atoms with E-state index >= 15 is 0 Å². The number of hydrogen-bond donors (Lipinski definition) is 3. The van der Waals surface area contributed by atoms with Crippen molar-refractivity contribution in [2.24, 2.45) is 16.9 Å². The Kier molecular flexibility index (Phi) is 3.81. The zero-order chi connectivity index (χ0) is 13.0. The molecular weight excluding hydrogens is 228 g/mol. The molecule has 0 radical (unpaired) electrons. The third-order valence-electron chi connectivity index (χ3n) is 3.79. The fourth-order valence-electron chi connectivity index (χ4n) is 2.50. The first-order valence-electron chi connectivity index (χ1n) is 6.35. The summed E-state index contributed by atoms with van der Waals surface area (Å²) in [5.74, 6) is 0.308. The molecule has 18 heavy (non-hydrogen) atoms. The van der Waals surface area contributed by atoms with Gasteiger partial charge in [-0.15, -0.1) is 0 Å². The molecule has 5 nitrogen and oxygen atoms in total. The molecule has 0 bridgehead atoms. The summed E-state index contributed by atoms with van der Waals surface area (Å²) in [4.78, 5) is 15.1. The molecule has 0 unspecified atom stereocenters. The Hall–Kier alpha value is -1.62. The molecule has 0 aromatic carbocycles. The summed E-state index contributed by atoms with van der Waals surface area (Å²) >= 11 is 0. The van der Waals surface area contributed by atoms with Crippen LogP contribution in [-0.4, -0.2) is 24.0 Å². The van der Waals surface area contributed by atoms with Gasteiger partial charge in [-0.05, 0) is 36.9 Å². The minimum atomic E-state index is -0.455. The summed E-state index contributed by atoms with van der Waals surface area (Å²) in [5, 5.41) is 3.30. The number of carbonyl (C=O) groups excluding carboxylic acids is 1. The van der Waals surface area contributed by atoms with E-state index in [0.717, 1.165) is 12.4 Å². The molecule has 1 heterocycles. The molecule has 2 rings (SSSR count). The molecule has 0 atom stereocenters. The fourth-order valence-corrected chi connectivity index (χ4v) is 2.50. The first kappa shape index (κ1) is 12.8. The van der Waals surface area contributed by atoms with Gasteiger partial charge in [0.15, 0.2) is 0 Å². The van der Waals surface area contributed by atoms with Crippen molar-refractivity contribution in [2.75, 3.05) is 18.4 Å². The van der Waals surface area contributed by atoms with E-state index in [4.69, 9.17) is 11.5 Å². The van der Waals surface area contributed by atoms with E-state index in [1.54, 1.807) is 12.1 Å². The molecule has 98 valence electrons. The highest BCUT2D eigenvalue weighted by Crippen LogP contribution is 2.37. The topological polar surface area (TPSA) is 94.0 Å². The van der Waals surface area contributed by atoms with Crippen molar-refractivity contribution in [1.29, 1.82) is 0 Å². The second-order valence-corrected chi connectivity index (χ2v) is 5.06. The van der Waals surface area contributed by atoms with E-state index in [0.29, 0.717) is 12.1 Å². The number of anilines is 1. The number of carbonyl (C=O) groups is 1. The van der Waals surface area contributed by atoms with E-state index in [-0.39, 0.29) is 5.41 Å². The molecule has 5 N–H and O–H groups in total. The van der Waals surface area contributed by atoms with Gasteiger partial charge in [0.05, 0.1) is 5.56 Å². The molecule has 5 heteroatoms. The van der Waals surface area contributed by atoms with Crippen LogP contribution in [0.4, 0.5) is 5.82 Å². The number of aromatic nitrogens is 1. The van der Waals surface area contributed by atoms with Gasteiger partial charge in [-0.2, -0.15) is 0 Å². The largest absolute Gasteiger partial charge is 0.369 e. The van der Waals surface area contributed by atoms with Crippen LogP contribution in [0.25, 0.3) is 0 Å². The van der Waals surface area contributed by atoms with Crippen molar-refractivity contribution in [3.63, 3.8) is 0 Å². The summed E-state index contributed by atoms with van der Waals surface area (Å²) in [7, 11) is 0. The van der Waals surface area contributed by atoms with Gasteiger partial charge < -0.3 is 16.8 Å². The molecule has 1 aromatic heterocycles. The third-order valence-corrected chi connectivity index (χ3v) is 3.79. The molecular formula is C13H20N4O. The quantitative estimate of drug-likeness (QED) is 0.727. The van der Waals surface area contributed by atoms with Crippen molar-refractivity contribution in [1.82, 2.24) is 4.98 Å². The van der Waals surface area contributed by atoms with E-state index in [1.807, 2.05) is 0 Å². The molecule has 1 aliphatic carbocycles. The summed E-state index contributed by atoms with van der Waals surface area (Å²) in [6.45, 7) is 1.55. The maximum Gasteiger partial charge on any atom is 0.250 e. The lowest BCUT2D eigenvalue weighted by Gasteiger charge is -2.27. The number of hydrogen-bond acceptors (Lipinski definition) is 4. The summed E-state index contributed by atoms with van der Waals surface area (Å²) in [6, 6.07) is 3.46. The van der Waals surface area contributed by atoms with Crippen LogP contribution < -0.4 is 16.8 Å². The lowest BCUT2D eigenvalue weighted by molar-refractivity contribution is 0.1000. The second-order valence-electron chi connectivity index (χ2n) is 5.06. The van der Waals surface area contributed by atoms with E-state index in [2.05, 4.69) is 10.3 Å². The molecule has 1 saturated carbocycles. The average Bonchev–Trinajstić information content (AvgIpc) is 2.86. The zero-order valence-corrected chi connectivity index (χ0v) is 10.5. The van der Waals surface area contributed by atoms with Crippen LogP contribution in [-0.2, 0) is 0 Å². The van der Waals surface area contributed by atoms with Crippen molar-refractivity contribution in [3.05, 3.63) is 23.9 Å². The SMILES string of the molecule is NCC1(CNc2ccc(C(N)=O)cn2)CCCC1. The number of primary amides is 1. The Bertz CT molecular complexity index is 410. The number of nitrogens with two attached hydrogens (primary N) is 2. The minimum absolute atomic E-state index is 0.212. The highest BCUT2D eigenvalue weighted by atomic mass is 16.1. The summed E-state index contributed by atoms with van der Waals surface area (Å²) in [6.07, 6.45) is 6.36. The van der Waals surface area contributed by atoms with Crippen molar-refractivity contribution < 1.29 is 4.79 Å². The van der Waals surface area contributed by atoms with Crippen LogP contribution in [0.3, 0.4) is 0 Å². The molecule has 1 fully saturated rings. The third kappa shape index (κ3) is 2.79. The highest BCUT2D eigenvalue weighted by Gasteiger charge is 2.32. The minimum Gasteiger partial charge on any atom is -0.369 e. The van der Waals surface area contributed by atoms with E-state index < -0.39 is 5.91 Å². The van der Waals surface area contributed by atoms with Gasteiger partial charge >= 0.3 is 0 Å². The van der Waals surface area contributed by atoms with Crippen LogP contribution >= 0.6 is 0 Å². The Balaban J connectivity index is 1.95. The Morgan fingerprint density at radius 2 is 2.11 bits per heavy atom. The Morgan fingerprint density at radius 1 is 1.39 bits per heavy atom. The molecule has 1 aliphatic rings. The summed E-state index contributed by atoms with van der Waals surface area (Å²) in [5.41, 5.74) is 11.7. The lowest BCUT2D eigenvalue weighted by Crippen LogP contribution is -2.34. The number of nitrogens with zero attached hydrogens (tertiary/aromatic N) is 1. The first-order chi connectivity index (χ1) is 8.65. The lowest BCUT2D eigenvalue weighted by atomic mass is 9.86. The van der Waals surface area contributed by atoms with Gasteiger partial charge in [0, 0.05) is 12.7 Å². The molecule has 0 spiro atoms. The molecule has 0 saturated heterocycles. The van der Waals surface area contributed by atoms with Crippen molar-refractivity contribution in [2.45, 2.75) is 25.7 Å². The maximum absolute atomic E-state index is 10.9. The van der Waals surface area contributed by atoms with Crippen LogP contribution in [0.2, 0.25) is 0 Å². The van der Waals surface area contributed by atoms with Crippen LogP contribution in [0.15, 0.2) is 18.3 Å². The molecule has 1 aromatic rings. The van der Waals surface area contributed by atoms with Crippen LogP contribution in [0.5, 0.6) is 0 Å². The van der Waals surface area contributed by atoms with Gasteiger partial charge in [0.2, 0.25) is 5.91 Å². The van der Waals surface area contributed by atoms with Crippen molar-refractivity contribution in [3.8, 4) is 0 Å². The smallest absolute Gasteiger partial charge is 0.250 e. The van der Waals surface area contributed by atoms with Crippen LogP contribution in [0.1, 0.15) is 36.0 Å². The van der Waals surface area contributed by atoms with Crippen LogP contribution in [0, 0.1) is 5.41 Å². The predicted molar refractivity (Wildman–Crippen MR) is 71.2 cm³/mol. The van der Waals surface area contributed by atoms with Gasteiger partial charge in [-0.25, -0.2) is 4.98 Å². The van der Waals surface area contributed by atoms with E-state index in [1.165, 1.54) is 31.9 Å². The Morgan fingerprint density at radius 3 is 2.61 bits per heavy atom. The summed E-state index contributed by atoms with van der Waals surface area (Å²) < 4.78 is 0. The van der Waals surface area contributed by atoms with E-state index in [9.17, 15) is 4.79 Å². The predicted octanol–water partition coefficient (Wildman–Crippen LogP) is 1.11. The maximum atomic E-state index is 10.9. The van der Waals surface area contributed by atoms with Gasteiger partial charge in [-0.1, -0.05) is 12.8 Å². The fraction of sp³-hybridized carbons (Fsp3) is 0.538. The number of rotatable bonds is 5. The van der Waals surface area contributed by atoms with Gasteiger partial charge in [-0.3, -0.25) is 4.79 Å². The second kappa shape index (κ2) is 5.35. The standard InChI is InChI=1S/C13H20N4O/c14-8-13(5-1-2-6-13)9-17-11-4-3-10(7-16-11)12(15)18/h3-4,7H,1-2,5-6,8-9,14H2,(H2,15,18)(H,16,17). The highest BCUT2D eigenvalue weighted by molar-refractivity contribution is 5.92. The zero-order valence-electron chi connectivity index (χ0n) is 10.5. The first-order valence-corrected chi connectivity index (χ1v) is 6.35. The number of amides is 1.